The van der Waals surface area contributed by atoms with Gasteiger partial charge in [-0.25, -0.2) is 24.0 Å². The van der Waals surface area contributed by atoms with E-state index < -0.39 is 90.1 Å². The van der Waals surface area contributed by atoms with Gasteiger partial charge in [0.15, 0.2) is 25.0 Å². The van der Waals surface area contributed by atoms with Crippen LogP contribution >= 0.6 is 15.9 Å². The van der Waals surface area contributed by atoms with Gasteiger partial charge in [0.2, 0.25) is 0 Å². The first-order chi connectivity index (χ1) is 43.4. The highest BCUT2D eigenvalue weighted by Gasteiger charge is 2.39. The van der Waals surface area contributed by atoms with Crippen molar-refractivity contribution in [1.82, 2.24) is 16.0 Å². The second-order valence-electron chi connectivity index (χ2n) is 30.8. The smallest absolute Gasteiger partial charge is 0.408 e. The van der Waals surface area contributed by atoms with Crippen LogP contribution in [0.2, 0.25) is 54.4 Å². The minimum Gasteiger partial charge on any atom is -0.508 e. The standard InChI is InChI=1S/C24H41NO6Si.C23H41NO5Si.C15H21NO5.C9H21BrOSi/c1-23(2,3)31-22(27)25-20(21(26)28-7)17-18-11-13-19(14-12-18)29-15-10-16-30-32(8,9)24(4,5)6;1-22(2,3)29-21(26)24-19(17-25)16-18-10-12-20(13-11-18)27-14-9-15-28-30(7,8)23(4,5)6;1-15(2,3)21-14(19)16-12(13(18)20-4)9-10-5-7-11(17)8-6-10;1-9(2,3)12(4,5)11-8-6-7-10/h11-14,20H,10,15-17H2,1-9H3,(H,25,27);10-13,19,25H,9,14-17H2,1-8H3,(H,24,26);5-8,12,17H,9H2,1-4H3,(H,16,19);6-8H2,1-5H3/t20-;19-;12-;/m000./s1. The quantitative estimate of drug-likeness (QED) is 0.0149. The van der Waals surface area contributed by atoms with Crippen LogP contribution in [0.5, 0.6) is 17.2 Å². The zero-order valence-electron chi connectivity index (χ0n) is 62.7. The lowest BCUT2D eigenvalue weighted by molar-refractivity contribution is -0.143. The molecule has 0 saturated heterocycles. The molecule has 5 N–H and O–H groups in total. The number of carbonyl (C=O) groups excluding carboxylic acids is 5. The summed E-state index contributed by atoms with van der Waals surface area (Å²) in [5, 5.41) is 28.4. The Balaban J connectivity index is 0.00000130. The summed E-state index contributed by atoms with van der Waals surface area (Å²) >= 11 is 3.40. The number of benzene rings is 3. The Morgan fingerprint density at radius 3 is 0.989 bits per heavy atom. The Kier molecular flexibility index (Phi) is 39.0. The fourth-order valence-corrected chi connectivity index (χ4v) is 10.7. The molecule has 0 aliphatic carbocycles. The maximum Gasteiger partial charge on any atom is 0.408 e. The first kappa shape index (κ1) is 89.8. The summed E-state index contributed by atoms with van der Waals surface area (Å²) in [7, 11) is -2.35. The third-order valence-corrected chi connectivity index (χ3v) is 29.8. The van der Waals surface area contributed by atoms with E-state index in [0.29, 0.717) is 37.9 Å². The molecule has 0 unspecified atom stereocenters. The van der Waals surface area contributed by atoms with Crippen molar-refractivity contribution in [3.05, 3.63) is 89.5 Å². The second-order valence-corrected chi connectivity index (χ2v) is 46.0. The number of methoxy groups -OCH3 is 2. The summed E-state index contributed by atoms with van der Waals surface area (Å²) in [6.45, 7) is 53.0. The first-order valence-corrected chi connectivity index (χ1v) is 42.7. The van der Waals surface area contributed by atoms with Crippen LogP contribution in [-0.4, -0.2) is 160 Å². The molecular weight excluding hydrogens is 1330 g/mol. The van der Waals surface area contributed by atoms with Crippen LogP contribution in [0.3, 0.4) is 0 Å². The van der Waals surface area contributed by atoms with Crippen molar-refractivity contribution in [1.29, 1.82) is 0 Å². The predicted molar refractivity (Wildman–Crippen MR) is 391 cm³/mol. The Labute approximate surface area is 582 Å². The van der Waals surface area contributed by atoms with Gasteiger partial charge in [-0.15, -0.1) is 0 Å². The van der Waals surface area contributed by atoms with E-state index in [4.69, 9.17) is 41.7 Å². The van der Waals surface area contributed by atoms with Crippen molar-refractivity contribution >= 4 is 71.1 Å². The van der Waals surface area contributed by atoms with Gasteiger partial charge in [-0.3, -0.25) is 0 Å². The van der Waals surface area contributed by atoms with Crippen LogP contribution in [0.4, 0.5) is 14.4 Å². The van der Waals surface area contributed by atoms with E-state index in [1.54, 1.807) is 74.4 Å². The van der Waals surface area contributed by atoms with Crippen molar-refractivity contribution in [2.24, 2.45) is 0 Å². The van der Waals surface area contributed by atoms with Crippen molar-refractivity contribution in [2.75, 3.05) is 59.2 Å². The normalized spacial score (nSPS) is 13.2. The number of hydrogen-bond acceptors (Lipinski definition) is 17. The van der Waals surface area contributed by atoms with Gasteiger partial charge in [0.05, 0.1) is 40.1 Å². The summed E-state index contributed by atoms with van der Waals surface area (Å²) in [5.74, 6) is 0.586. The molecule has 0 fully saturated rings. The van der Waals surface area contributed by atoms with Crippen LogP contribution in [0.1, 0.15) is 161 Å². The van der Waals surface area contributed by atoms with Crippen molar-refractivity contribution in [3.63, 3.8) is 0 Å². The highest BCUT2D eigenvalue weighted by molar-refractivity contribution is 9.09. The molecular formula is C71H124BrN3O17Si3. The Hall–Kier alpha value is -5.22. The van der Waals surface area contributed by atoms with E-state index in [0.717, 1.165) is 59.4 Å². The van der Waals surface area contributed by atoms with Gasteiger partial charge in [0.25, 0.3) is 0 Å². The number of alkyl halides is 1. The Morgan fingerprint density at radius 1 is 0.432 bits per heavy atom. The Morgan fingerprint density at radius 2 is 0.716 bits per heavy atom. The molecule has 0 saturated carbocycles. The molecule has 0 aliphatic rings. The molecule has 0 spiro atoms. The Bertz CT molecular complexity index is 2690. The van der Waals surface area contributed by atoms with Gasteiger partial charge in [-0.1, -0.05) is 115 Å². The minimum atomic E-state index is -1.73. The third kappa shape index (κ3) is 40.3. The van der Waals surface area contributed by atoms with Crippen molar-refractivity contribution in [2.45, 2.75) is 252 Å². The van der Waals surface area contributed by atoms with Crippen LogP contribution < -0.4 is 25.4 Å². The van der Waals surface area contributed by atoms with Gasteiger partial charge in [0.1, 0.15) is 46.1 Å². The van der Waals surface area contributed by atoms with Crippen molar-refractivity contribution in [3.8, 4) is 17.2 Å². The molecule has 0 aliphatic heterocycles. The molecule has 3 atom stereocenters. The number of hydrogen-bond donors (Lipinski definition) is 5. The van der Waals surface area contributed by atoms with Crippen LogP contribution in [0, 0.1) is 0 Å². The molecule has 24 heteroatoms. The highest BCUT2D eigenvalue weighted by Crippen LogP contribution is 2.38. The summed E-state index contributed by atoms with van der Waals surface area (Å²) in [5.41, 5.74) is 0.768. The molecule has 0 bridgehead atoms. The summed E-state index contributed by atoms with van der Waals surface area (Å²) in [4.78, 5) is 59.5. The lowest BCUT2D eigenvalue weighted by Gasteiger charge is -2.36. The molecule has 3 amide bonds. The number of esters is 2. The number of halogens is 1. The topological polar surface area (TPSA) is 254 Å². The monoisotopic (exact) mass is 1450 g/mol. The molecule has 3 aromatic carbocycles. The number of phenolic OH excluding ortho intramolecular Hbond substituents is 1. The van der Waals surface area contributed by atoms with Gasteiger partial charge < -0.3 is 72.6 Å². The van der Waals surface area contributed by atoms with Gasteiger partial charge in [-0.05, 0) is 183 Å². The number of ether oxygens (including phenoxy) is 7. The van der Waals surface area contributed by atoms with Crippen molar-refractivity contribution < 1.29 is 80.6 Å². The number of nitrogens with one attached hydrogen (secondary N) is 3. The predicted octanol–water partition coefficient (Wildman–Crippen LogP) is 15.8. The van der Waals surface area contributed by atoms with E-state index in [1.807, 2.05) is 48.5 Å². The zero-order valence-corrected chi connectivity index (χ0v) is 67.3. The maximum atomic E-state index is 12.1. The summed E-state index contributed by atoms with van der Waals surface area (Å²) in [6.07, 6.45) is 1.95. The average Bonchev–Trinajstić information content (AvgIpc) is 0.892. The fourth-order valence-electron chi connectivity index (χ4n) is 7.22. The number of alkyl carbamates (subject to hydrolysis) is 3. The molecule has 20 nitrogen and oxygen atoms in total. The average molecular weight is 1460 g/mol. The molecule has 3 aromatic rings. The lowest BCUT2D eigenvalue weighted by Crippen LogP contribution is -2.45. The first-order valence-electron chi connectivity index (χ1n) is 32.8. The zero-order chi connectivity index (χ0) is 73.5. The number of rotatable bonds is 28. The van der Waals surface area contributed by atoms with E-state index in [2.05, 4.69) is 138 Å². The van der Waals surface area contributed by atoms with Crippen LogP contribution in [0.25, 0.3) is 0 Å². The number of amides is 3. The van der Waals surface area contributed by atoms with Gasteiger partial charge >= 0.3 is 30.2 Å². The number of aliphatic hydroxyl groups is 1. The van der Waals surface area contributed by atoms with Gasteiger partial charge in [-0.2, -0.15) is 0 Å². The number of phenols is 1. The molecule has 544 valence electrons. The summed E-state index contributed by atoms with van der Waals surface area (Å²) in [6, 6.07) is 19.4. The molecule has 0 aromatic heterocycles. The van der Waals surface area contributed by atoms with Gasteiger partial charge in [0, 0.05) is 50.8 Å². The molecule has 3 rings (SSSR count). The molecule has 0 radical (unpaired) electrons. The molecule has 95 heavy (non-hydrogen) atoms. The summed E-state index contributed by atoms with van der Waals surface area (Å²) < 4.78 is 55.0. The lowest BCUT2D eigenvalue weighted by atomic mass is 10.1. The third-order valence-electron chi connectivity index (χ3n) is 15.6. The molecule has 0 heterocycles. The second kappa shape index (κ2) is 41.2. The largest absolute Gasteiger partial charge is 0.508 e. The van der Waals surface area contributed by atoms with E-state index in [9.17, 15) is 34.2 Å². The van der Waals surface area contributed by atoms with E-state index >= 15 is 0 Å². The number of carbonyl (C=O) groups is 5. The van der Waals surface area contributed by atoms with E-state index in [-0.39, 0.29) is 35.3 Å². The van der Waals surface area contributed by atoms with Crippen LogP contribution in [0.15, 0.2) is 72.8 Å². The number of aliphatic hydroxyl groups excluding tert-OH is 1. The van der Waals surface area contributed by atoms with Crippen LogP contribution in [-0.2, 0) is 65.8 Å². The maximum absolute atomic E-state index is 12.1. The SMILES string of the molecule is CC(C)(C)OC(=O)N[C@H](CO)Cc1ccc(OCCCO[Si](C)(C)C(C)(C)C)cc1.CC(C)(C)[Si](C)(C)OCCCBr.COC(=O)[C@H](Cc1ccc(O)cc1)NC(=O)OC(C)(C)C.COC(=O)[C@H](Cc1ccc(OCCCO[Si](C)(C)C(C)(C)C)cc1)NC(=O)OC(C)(C)C. The number of aromatic hydroxyl groups is 1. The van der Waals surface area contributed by atoms with E-state index in [1.165, 1.54) is 26.4 Å². The highest BCUT2D eigenvalue weighted by atomic mass is 79.9. The minimum absolute atomic E-state index is 0.133. The fraction of sp³-hybridized carbons (Fsp3) is 0.676.